The van der Waals surface area contributed by atoms with Gasteiger partial charge in [0, 0.05) is 12.1 Å². The Morgan fingerprint density at radius 3 is 2.40 bits per heavy atom. The van der Waals surface area contributed by atoms with E-state index in [4.69, 9.17) is 5.73 Å². The zero-order valence-corrected chi connectivity index (χ0v) is 20.3. The average molecular weight is 482 g/mol. The van der Waals surface area contributed by atoms with Crippen LogP contribution in [0.15, 0.2) is 40.9 Å². The first-order chi connectivity index (χ1) is 16.5. The number of amides is 1. The molecule has 3 aliphatic carbocycles. The summed E-state index contributed by atoms with van der Waals surface area (Å²) in [4.78, 5) is 42.5. The summed E-state index contributed by atoms with van der Waals surface area (Å²) in [5.41, 5.74) is 6.54. The van der Waals surface area contributed by atoms with Gasteiger partial charge in [0.25, 0.3) is 5.91 Å². The van der Waals surface area contributed by atoms with Gasteiger partial charge in [-0.2, -0.15) is 0 Å². The number of phenols is 1. The van der Waals surface area contributed by atoms with E-state index in [0.29, 0.717) is 24.9 Å². The molecule has 9 nitrogen and oxygen atoms in total. The number of carbonyl (C=O) groups is 3. The molecule has 0 aromatic heterocycles. The highest BCUT2D eigenvalue weighted by molar-refractivity contribution is 6.22. The number of primary amides is 1. The molecule has 35 heavy (non-hydrogen) atoms. The maximum Gasteiger partial charge on any atom is 0.255 e. The summed E-state index contributed by atoms with van der Waals surface area (Å²) < 4.78 is 0. The third kappa shape index (κ3) is 3.94. The molecule has 5 N–H and O–H groups in total. The number of benzene rings is 1. The monoisotopic (exact) mass is 481 g/mol. The van der Waals surface area contributed by atoms with Gasteiger partial charge in [-0.15, -0.1) is 0 Å². The molecule has 0 heterocycles. The normalized spacial score (nSPS) is 26.5. The van der Waals surface area contributed by atoms with Gasteiger partial charge in [0.2, 0.25) is 0 Å². The first kappa shape index (κ1) is 24.7. The minimum atomic E-state index is -1.18. The number of nitrogens with zero attached hydrogens (tertiary/aromatic N) is 2. The highest BCUT2D eigenvalue weighted by atomic mass is 16.3. The van der Waals surface area contributed by atoms with Crippen molar-refractivity contribution < 1.29 is 29.7 Å². The van der Waals surface area contributed by atoms with Crippen molar-refractivity contribution in [3.63, 3.8) is 0 Å². The Morgan fingerprint density at radius 1 is 1.11 bits per heavy atom. The number of nitrogens with two attached hydrogens (primary N) is 1. The smallest absolute Gasteiger partial charge is 0.255 e. The lowest BCUT2D eigenvalue weighted by Gasteiger charge is -2.46. The van der Waals surface area contributed by atoms with Gasteiger partial charge in [0.15, 0.2) is 11.6 Å². The first-order valence-electron chi connectivity index (χ1n) is 11.5. The summed E-state index contributed by atoms with van der Waals surface area (Å²) in [5.74, 6) is -5.55. The first-order valence-corrected chi connectivity index (χ1v) is 11.5. The van der Waals surface area contributed by atoms with Crippen molar-refractivity contribution in [1.82, 2.24) is 9.80 Å². The highest BCUT2D eigenvalue weighted by Gasteiger charge is 2.54. The Morgan fingerprint density at radius 2 is 1.80 bits per heavy atom. The molecule has 4 rings (SSSR count). The van der Waals surface area contributed by atoms with E-state index in [9.17, 15) is 29.7 Å². The Bertz CT molecular complexity index is 1210. The molecule has 1 aromatic rings. The van der Waals surface area contributed by atoms with Crippen molar-refractivity contribution in [2.75, 3.05) is 34.7 Å². The van der Waals surface area contributed by atoms with Crippen LogP contribution in [0.2, 0.25) is 0 Å². The molecular formula is C26H31N3O6. The van der Waals surface area contributed by atoms with E-state index in [1.54, 1.807) is 25.1 Å². The second kappa shape index (κ2) is 8.98. The highest BCUT2D eigenvalue weighted by Crippen LogP contribution is 2.50. The minimum absolute atomic E-state index is 0.0829. The lowest BCUT2D eigenvalue weighted by molar-refractivity contribution is -0.127. The maximum absolute atomic E-state index is 13.6. The molecule has 9 heteroatoms. The molecular weight excluding hydrogens is 450 g/mol. The maximum atomic E-state index is 13.6. The Hall–Kier alpha value is -3.43. The number of aromatic hydroxyl groups is 1. The third-order valence-electron chi connectivity index (χ3n) is 7.25. The number of phenolic OH excluding ortho intramolecular Hbond substituents is 1. The predicted molar refractivity (Wildman–Crippen MR) is 130 cm³/mol. The fraction of sp³-hybridized carbons (Fsp3) is 0.423. The largest absolute Gasteiger partial charge is 0.511 e. The summed E-state index contributed by atoms with van der Waals surface area (Å²) in [5, 5.41) is 32.6. The molecule has 4 atom stereocenters. The Kier molecular flexibility index (Phi) is 6.33. The second-order valence-corrected chi connectivity index (χ2v) is 10.00. The molecule has 1 aromatic carbocycles. The number of hydrogen-bond donors (Lipinski definition) is 4. The van der Waals surface area contributed by atoms with Crippen LogP contribution in [0.3, 0.4) is 0 Å². The van der Waals surface area contributed by atoms with E-state index in [1.165, 1.54) is 6.07 Å². The van der Waals surface area contributed by atoms with Crippen molar-refractivity contribution in [3.05, 3.63) is 57.6 Å². The molecule has 0 fully saturated rings. The van der Waals surface area contributed by atoms with Crippen molar-refractivity contribution in [2.24, 2.45) is 23.5 Å². The van der Waals surface area contributed by atoms with Gasteiger partial charge in [0.1, 0.15) is 22.8 Å². The number of Topliss-reactive ketones (excluding diaryl/α,β-unsaturated/α-hetero) is 2. The van der Waals surface area contributed by atoms with Crippen LogP contribution in [0.4, 0.5) is 0 Å². The molecule has 0 aliphatic heterocycles. The molecule has 1 amide bonds. The van der Waals surface area contributed by atoms with Crippen LogP contribution in [-0.4, -0.2) is 83.4 Å². The van der Waals surface area contributed by atoms with Gasteiger partial charge in [-0.25, -0.2) is 0 Å². The Balaban J connectivity index is 1.85. The molecule has 0 saturated carbocycles. The van der Waals surface area contributed by atoms with Gasteiger partial charge >= 0.3 is 0 Å². The SMILES string of the molecule is CN(C)C/C=C/c1ccc(O)c2c1CC1CC3C(C(=O)C(C(N)=O)=C(O)[C@@H]3N(C)C)C(O)=C1C2=O. The zero-order chi connectivity index (χ0) is 25.8. The minimum Gasteiger partial charge on any atom is -0.511 e. The summed E-state index contributed by atoms with van der Waals surface area (Å²) in [6.45, 7) is 0.698. The van der Waals surface area contributed by atoms with Gasteiger partial charge in [-0.3, -0.25) is 19.3 Å². The topological polar surface area (TPSA) is 144 Å². The summed E-state index contributed by atoms with van der Waals surface area (Å²) in [7, 11) is 7.29. The third-order valence-corrected chi connectivity index (χ3v) is 7.25. The van der Waals surface area contributed by atoms with E-state index in [0.717, 1.165) is 5.56 Å². The lowest BCUT2D eigenvalue weighted by atomic mass is 9.60. The van der Waals surface area contributed by atoms with E-state index in [-0.39, 0.29) is 16.9 Å². The number of ketones is 2. The van der Waals surface area contributed by atoms with Crippen molar-refractivity contribution in [3.8, 4) is 5.75 Å². The standard InChI is InChI=1S/C26H31N3O6/c1-28(2)9-5-6-12-7-8-16(30)18-14(12)10-13-11-15-19(23(32)17(13)22(18)31)24(33)20(26(27)35)25(34)21(15)29(3)4/h5-8,13,15,19,21,30,32,34H,9-11H2,1-4H3,(H2,27,35)/b6-5+/t13?,15?,19?,21-/m1/s1. The van der Waals surface area contributed by atoms with Gasteiger partial charge in [-0.1, -0.05) is 18.2 Å². The quantitative estimate of drug-likeness (QED) is 0.464. The van der Waals surface area contributed by atoms with Crippen LogP contribution in [-0.2, 0) is 16.0 Å². The number of rotatable bonds is 5. The van der Waals surface area contributed by atoms with E-state index in [2.05, 4.69) is 0 Å². The molecule has 3 unspecified atom stereocenters. The van der Waals surface area contributed by atoms with Crippen molar-refractivity contribution >= 4 is 23.5 Å². The molecule has 0 saturated heterocycles. The Labute approximate surface area is 203 Å². The van der Waals surface area contributed by atoms with Gasteiger partial charge < -0.3 is 26.0 Å². The fourth-order valence-corrected chi connectivity index (χ4v) is 5.84. The number of fused-ring (bicyclic) bond motifs is 3. The molecule has 186 valence electrons. The van der Waals surface area contributed by atoms with Crippen LogP contribution >= 0.6 is 0 Å². The average Bonchev–Trinajstić information content (AvgIpc) is 2.74. The van der Waals surface area contributed by atoms with E-state index < -0.39 is 58.4 Å². The molecule has 3 aliphatic rings. The van der Waals surface area contributed by atoms with Crippen LogP contribution in [0, 0.1) is 17.8 Å². The van der Waals surface area contributed by atoms with E-state index in [1.807, 2.05) is 31.1 Å². The van der Waals surface area contributed by atoms with Crippen LogP contribution in [0.5, 0.6) is 5.75 Å². The molecule has 0 radical (unpaired) electrons. The molecule has 0 spiro atoms. The number of aliphatic hydroxyl groups is 2. The summed E-state index contributed by atoms with van der Waals surface area (Å²) in [6.07, 6.45) is 4.58. The second-order valence-electron chi connectivity index (χ2n) is 10.00. The van der Waals surface area contributed by atoms with Gasteiger partial charge in [-0.05, 0) is 70.1 Å². The number of aliphatic hydroxyl groups excluding tert-OH is 2. The number of allylic oxidation sites excluding steroid dienone is 2. The summed E-state index contributed by atoms with van der Waals surface area (Å²) >= 11 is 0. The van der Waals surface area contributed by atoms with Crippen LogP contribution in [0.25, 0.3) is 6.08 Å². The molecule has 0 bridgehead atoms. The summed E-state index contributed by atoms with van der Waals surface area (Å²) in [6, 6.07) is 2.48. The van der Waals surface area contributed by atoms with Crippen molar-refractivity contribution in [2.45, 2.75) is 18.9 Å². The number of hydrogen-bond acceptors (Lipinski definition) is 8. The number of carbonyl (C=O) groups excluding carboxylic acids is 3. The van der Waals surface area contributed by atoms with E-state index >= 15 is 0 Å². The van der Waals surface area contributed by atoms with Crippen LogP contribution < -0.4 is 5.73 Å². The zero-order valence-electron chi connectivity index (χ0n) is 20.3. The van der Waals surface area contributed by atoms with Crippen LogP contribution in [0.1, 0.15) is 27.9 Å². The number of likely N-dealkylation sites (N-methyl/N-ethyl adjacent to an activating group) is 2. The predicted octanol–water partition coefficient (Wildman–Crippen LogP) is 1.58. The van der Waals surface area contributed by atoms with Crippen molar-refractivity contribution in [1.29, 1.82) is 0 Å². The van der Waals surface area contributed by atoms with Gasteiger partial charge in [0.05, 0.1) is 17.5 Å². The fourth-order valence-electron chi connectivity index (χ4n) is 5.84. The lowest BCUT2D eigenvalue weighted by Crippen LogP contribution is -2.53.